The van der Waals surface area contributed by atoms with Crippen molar-refractivity contribution in [3.63, 3.8) is 0 Å². The number of nitriles is 1. The van der Waals surface area contributed by atoms with Crippen molar-refractivity contribution in [1.82, 2.24) is 9.97 Å². The van der Waals surface area contributed by atoms with Gasteiger partial charge in [-0.15, -0.1) is 0 Å². The molecule has 3 aromatic rings. The zero-order chi connectivity index (χ0) is 28.6. The molecule has 208 valence electrons. The van der Waals surface area contributed by atoms with E-state index in [1.165, 1.54) is 11.1 Å². The van der Waals surface area contributed by atoms with Crippen LogP contribution in [0.3, 0.4) is 0 Å². The van der Waals surface area contributed by atoms with Crippen LogP contribution < -0.4 is 15.0 Å². The lowest BCUT2D eigenvalue weighted by molar-refractivity contribution is 0.0566. The number of fused-ring (bicyclic) bond motifs is 2. The zero-order valence-corrected chi connectivity index (χ0v) is 23.3. The largest absolute Gasteiger partial charge is 0.474 e. The van der Waals surface area contributed by atoms with E-state index >= 15 is 0 Å². The number of carbonyl (C=O) groups is 2. The minimum atomic E-state index is -0.689. The molecule has 2 aliphatic heterocycles. The molecule has 11 nitrogen and oxygen atoms in total. The molecule has 1 aromatic carbocycles. The first-order valence-corrected chi connectivity index (χ1v) is 13.1. The Kier molecular flexibility index (Phi) is 7.40. The summed E-state index contributed by atoms with van der Waals surface area (Å²) >= 11 is 6.70. The van der Waals surface area contributed by atoms with Crippen LogP contribution in [0.2, 0.25) is 5.02 Å². The highest BCUT2D eigenvalue weighted by Gasteiger charge is 2.32. The maximum Gasteiger partial charge on any atom is 0.415 e. The minimum Gasteiger partial charge on any atom is -0.474 e. The van der Waals surface area contributed by atoms with Gasteiger partial charge in [0, 0.05) is 35.3 Å². The minimum absolute atomic E-state index is 0.206. The molecule has 2 amide bonds. The molecule has 1 atom stereocenters. The maximum absolute atomic E-state index is 13.1. The van der Waals surface area contributed by atoms with E-state index < -0.39 is 17.8 Å². The monoisotopic (exact) mass is 565 g/mol. The number of hydrogen-bond donors (Lipinski definition) is 1. The number of ether oxygens (including phenoxy) is 4. The second-order valence-electron chi connectivity index (χ2n) is 10.5. The number of aromatic nitrogens is 2. The summed E-state index contributed by atoms with van der Waals surface area (Å²) in [6.45, 7) is 8.67. The number of nitrogens with zero attached hydrogens (tertiary/aromatic N) is 4. The predicted molar refractivity (Wildman–Crippen MR) is 148 cm³/mol. The van der Waals surface area contributed by atoms with Gasteiger partial charge in [0.2, 0.25) is 5.88 Å². The van der Waals surface area contributed by atoms with E-state index in [-0.39, 0.29) is 35.7 Å². The van der Waals surface area contributed by atoms with Crippen LogP contribution in [0.4, 0.5) is 21.1 Å². The molecule has 1 unspecified atom stereocenters. The molecular weight excluding hydrogens is 538 g/mol. The summed E-state index contributed by atoms with van der Waals surface area (Å²) in [4.78, 5) is 35.6. The van der Waals surface area contributed by atoms with Gasteiger partial charge in [0.1, 0.15) is 35.9 Å². The van der Waals surface area contributed by atoms with Crippen LogP contribution in [-0.4, -0.2) is 60.2 Å². The first kappa shape index (κ1) is 27.4. The molecule has 0 spiro atoms. The number of carbonyl (C=O) groups excluding carboxylic acids is 2. The van der Waals surface area contributed by atoms with Crippen molar-refractivity contribution in [1.29, 1.82) is 5.26 Å². The lowest BCUT2D eigenvalue weighted by Crippen LogP contribution is -2.42. The van der Waals surface area contributed by atoms with Gasteiger partial charge in [-0.2, -0.15) is 5.26 Å². The average Bonchev–Trinajstić information content (AvgIpc) is 3.40. The summed E-state index contributed by atoms with van der Waals surface area (Å²) in [7, 11) is 0. The normalized spacial score (nSPS) is 16.6. The standard InChI is InChI=1S/C28H28ClN5O6/c1-15-20(12-32-25-24(15)34(6-8-38-25)27(36)40-28(2,3)4)18-9-16-10-22(31-13-21(16)23(29)19(18)11-30)33-26(35)39-17-5-7-37-14-17/h9-10,12-13,17H,5-8,14H2,1-4H3,(H,31,33,35). The van der Waals surface area contributed by atoms with E-state index in [0.717, 1.165) is 0 Å². The molecule has 0 bridgehead atoms. The van der Waals surface area contributed by atoms with E-state index in [1.54, 1.807) is 39.1 Å². The van der Waals surface area contributed by atoms with E-state index in [1.807, 2.05) is 6.92 Å². The molecule has 5 rings (SSSR count). The number of amides is 2. The smallest absolute Gasteiger partial charge is 0.415 e. The highest BCUT2D eigenvalue weighted by molar-refractivity contribution is 6.37. The van der Waals surface area contributed by atoms with E-state index in [9.17, 15) is 14.9 Å². The lowest BCUT2D eigenvalue weighted by atomic mass is 9.94. The van der Waals surface area contributed by atoms with Crippen molar-refractivity contribution in [3.05, 3.63) is 40.7 Å². The fourth-order valence-corrected chi connectivity index (χ4v) is 4.95. The molecule has 12 heteroatoms. The fourth-order valence-electron chi connectivity index (χ4n) is 4.64. The number of pyridine rings is 2. The SMILES string of the molecule is Cc1c(-c2cc3cc(NC(=O)OC4CCOC4)ncc3c(Cl)c2C#N)cnc2c1N(C(=O)OC(C)(C)C)CCO2. The van der Waals surface area contributed by atoms with Gasteiger partial charge in [0.25, 0.3) is 0 Å². The number of halogens is 1. The summed E-state index contributed by atoms with van der Waals surface area (Å²) in [6.07, 6.45) is 2.26. The van der Waals surface area contributed by atoms with Crippen LogP contribution in [0, 0.1) is 18.3 Å². The van der Waals surface area contributed by atoms with Crippen molar-refractivity contribution in [2.75, 3.05) is 36.6 Å². The molecule has 4 heterocycles. The third kappa shape index (κ3) is 5.46. The Bertz CT molecular complexity index is 1540. The Hall–Kier alpha value is -4.14. The molecule has 1 saturated heterocycles. The molecule has 1 fully saturated rings. The van der Waals surface area contributed by atoms with Gasteiger partial charge in [-0.25, -0.2) is 19.6 Å². The first-order valence-electron chi connectivity index (χ1n) is 12.8. The zero-order valence-electron chi connectivity index (χ0n) is 22.5. The molecule has 0 saturated carbocycles. The Morgan fingerprint density at radius 3 is 2.70 bits per heavy atom. The lowest BCUT2D eigenvalue weighted by Gasteiger charge is -2.32. The summed E-state index contributed by atoms with van der Waals surface area (Å²) in [5.41, 5.74) is 1.76. The molecule has 0 radical (unpaired) electrons. The van der Waals surface area contributed by atoms with E-state index in [4.69, 9.17) is 30.5 Å². The summed E-state index contributed by atoms with van der Waals surface area (Å²) in [6, 6.07) is 5.62. The number of anilines is 2. The molecule has 1 N–H and O–H groups in total. The first-order chi connectivity index (χ1) is 19.1. The second-order valence-corrected chi connectivity index (χ2v) is 10.8. The van der Waals surface area contributed by atoms with E-state index in [2.05, 4.69) is 21.4 Å². The van der Waals surface area contributed by atoms with Crippen LogP contribution >= 0.6 is 11.6 Å². The Labute approximate surface area is 235 Å². The summed E-state index contributed by atoms with van der Waals surface area (Å²) in [5, 5.41) is 14.1. The van der Waals surface area contributed by atoms with Crippen molar-refractivity contribution < 1.29 is 28.5 Å². The Balaban J connectivity index is 1.55. The molecule has 40 heavy (non-hydrogen) atoms. The van der Waals surface area contributed by atoms with Crippen LogP contribution in [-0.2, 0) is 14.2 Å². The summed E-state index contributed by atoms with van der Waals surface area (Å²) < 4.78 is 22.0. The van der Waals surface area contributed by atoms with Crippen LogP contribution in [0.15, 0.2) is 24.5 Å². The number of nitrogens with one attached hydrogen (secondary N) is 1. The predicted octanol–water partition coefficient (Wildman–Crippen LogP) is 5.60. The molecule has 0 aliphatic carbocycles. The van der Waals surface area contributed by atoms with E-state index in [0.29, 0.717) is 58.7 Å². The van der Waals surface area contributed by atoms with Gasteiger partial charge in [0.05, 0.1) is 30.3 Å². The molecule has 2 aliphatic rings. The molecule has 2 aromatic heterocycles. The van der Waals surface area contributed by atoms with Crippen molar-refractivity contribution in [2.24, 2.45) is 0 Å². The van der Waals surface area contributed by atoms with Crippen LogP contribution in [0.25, 0.3) is 21.9 Å². The van der Waals surface area contributed by atoms with Crippen molar-refractivity contribution in [2.45, 2.75) is 45.8 Å². The number of benzene rings is 1. The van der Waals surface area contributed by atoms with Crippen molar-refractivity contribution in [3.8, 4) is 23.1 Å². The van der Waals surface area contributed by atoms with Crippen LogP contribution in [0.5, 0.6) is 5.88 Å². The van der Waals surface area contributed by atoms with Crippen LogP contribution in [0.1, 0.15) is 38.3 Å². The second kappa shape index (κ2) is 10.8. The van der Waals surface area contributed by atoms with Gasteiger partial charge >= 0.3 is 12.2 Å². The number of hydrogen-bond acceptors (Lipinski definition) is 9. The summed E-state index contributed by atoms with van der Waals surface area (Å²) in [5.74, 6) is 0.554. The molecular formula is C28H28ClN5O6. The third-order valence-corrected chi connectivity index (χ3v) is 6.86. The Morgan fingerprint density at radius 2 is 2.00 bits per heavy atom. The van der Waals surface area contributed by atoms with Gasteiger partial charge in [-0.3, -0.25) is 10.2 Å². The number of rotatable bonds is 3. The van der Waals surface area contributed by atoms with Gasteiger partial charge in [-0.05, 0) is 50.8 Å². The Morgan fingerprint density at radius 1 is 1.20 bits per heavy atom. The topological polar surface area (TPSA) is 136 Å². The van der Waals surface area contributed by atoms with Gasteiger partial charge < -0.3 is 18.9 Å². The van der Waals surface area contributed by atoms with Crippen molar-refractivity contribution >= 4 is 46.1 Å². The fraction of sp³-hybridized carbons (Fsp3) is 0.393. The van der Waals surface area contributed by atoms with Gasteiger partial charge in [0.15, 0.2) is 0 Å². The average molecular weight is 566 g/mol. The van der Waals surface area contributed by atoms with Gasteiger partial charge in [-0.1, -0.05) is 11.6 Å². The quantitative estimate of drug-likeness (QED) is 0.430. The maximum atomic E-state index is 13.1. The highest BCUT2D eigenvalue weighted by Crippen LogP contribution is 2.42. The third-order valence-electron chi connectivity index (χ3n) is 6.46. The highest BCUT2D eigenvalue weighted by atomic mass is 35.5.